The first-order chi connectivity index (χ1) is 8.89. The van der Waals surface area contributed by atoms with Crippen molar-refractivity contribution < 1.29 is 4.74 Å². The third kappa shape index (κ3) is 4.96. The van der Waals surface area contributed by atoms with E-state index in [1.165, 1.54) is 16.7 Å². The Hall–Kier alpha value is -0.860. The van der Waals surface area contributed by atoms with Crippen molar-refractivity contribution >= 4 is 0 Å². The highest BCUT2D eigenvalue weighted by Crippen LogP contribution is 2.20. The minimum absolute atomic E-state index is 0.150. The molecular formula is C17H29NO. The fourth-order valence-corrected chi connectivity index (χ4v) is 2.71. The summed E-state index contributed by atoms with van der Waals surface area (Å²) in [7, 11) is 0. The molecule has 0 aromatic heterocycles. The van der Waals surface area contributed by atoms with Crippen LogP contribution in [0.1, 0.15) is 44.4 Å². The fourth-order valence-electron chi connectivity index (χ4n) is 2.71. The summed E-state index contributed by atoms with van der Waals surface area (Å²) in [4.78, 5) is 0. The quantitative estimate of drug-likeness (QED) is 0.811. The Balaban J connectivity index is 2.88. The zero-order valence-electron chi connectivity index (χ0n) is 13.3. The Kier molecular flexibility index (Phi) is 6.02. The maximum atomic E-state index is 5.91. The van der Waals surface area contributed by atoms with Crippen LogP contribution in [0, 0.1) is 13.8 Å². The first-order valence-corrected chi connectivity index (χ1v) is 7.33. The summed E-state index contributed by atoms with van der Waals surface area (Å²) >= 11 is 0. The van der Waals surface area contributed by atoms with Gasteiger partial charge in [-0.15, -0.1) is 0 Å². The molecule has 108 valence electrons. The molecule has 1 N–H and O–H groups in total. The van der Waals surface area contributed by atoms with Crippen LogP contribution in [0.25, 0.3) is 0 Å². The van der Waals surface area contributed by atoms with Gasteiger partial charge < -0.3 is 10.1 Å². The molecule has 0 saturated carbocycles. The SMILES string of the molecule is CCNC(Cc1cc(C)cc(C)c1)C(C)(C)OCC. The van der Waals surface area contributed by atoms with Crippen LogP contribution in [0.15, 0.2) is 18.2 Å². The van der Waals surface area contributed by atoms with Crippen LogP contribution in [0.4, 0.5) is 0 Å². The van der Waals surface area contributed by atoms with E-state index < -0.39 is 0 Å². The van der Waals surface area contributed by atoms with E-state index in [4.69, 9.17) is 4.74 Å². The zero-order chi connectivity index (χ0) is 14.5. The molecule has 1 aromatic carbocycles. The van der Waals surface area contributed by atoms with Gasteiger partial charge in [0.25, 0.3) is 0 Å². The van der Waals surface area contributed by atoms with E-state index in [9.17, 15) is 0 Å². The summed E-state index contributed by atoms with van der Waals surface area (Å²) in [6, 6.07) is 7.11. The number of ether oxygens (including phenoxy) is 1. The van der Waals surface area contributed by atoms with Gasteiger partial charge in [0.1, 0.15) is 0 Å². The number of likely N-dealkylation sites (N-methyl/N-ethyl adjacent to an activating group) is 1. The monoisotopic (exact) mass is 263 g/mol. The summed E-state index contributed by atoms with van der Waals surface area (Å²) < 4.78 is 5.91. The van der Waals surface area contributed by atoms with Crippen molar-refractivity contribution in [3.63, 3.8) is 0 Å². The molecule has 1 unspecified atom stereocenters. The van der Waals surface area contributed by atoms with Gasteiger partial charge in [-0.3, -0.25) is 0 Å². The van der Waals surface area contributed by atoms with Gasteiger partial charge in [-0.2, -0.15) is 0 Å². The van der Waals surface area contributed by atoms with Crippen molar-refractivity contribution in [1.29, 1.82) is 0 Å². The normalized spacial score (nSPS) is 13.6. The number of nitrogens with one attached hydrogen (secondary N) is 1. The van der Waals surface area contributed by atoms with Crippen LogP contribution in [-0.4, -0.2) is 24.8 Å². The second-order valence-electron chi connectivity index (χ2n) is 5.85. The number of hydrogen-bond acceptors (Lipinski definition) is 2. The van der Waals surface area contributed by atoms with Gasteiger partial charge >= 0.3 is 0 Å². The van der Waals surface area contributed by atoms with Crippen LogP contribution >= 0.6 is 0 Å². The lowest BCUT2D eigenvalue weighted by atomic mass is 9.91. The molecule has 2 heteroatoms. The first-order valence-electron chi connectivity index (χ1n) is 7.33. The average Bonchev–Trinajstić information content (AvgIpc) is 2.27. The summed E-state index contributed by atoms with van der Waals surface area (Å²) in [5.74, 6) is 0. The standard InChI is InChI=1S/C17H29NO/c1-7-18-16(17(5,6)19-8-2)12-15-10-13(3)9-14(4)11-15/h9-11,16,18H,7-8,12H2,1-6H3. The maximum Gasteiger partial charge on any atom is 0.0781 e. The Morgan fingerprint density at radius 2 is 1.68 bits per heavy atom. The minimum atomic E-state index is -0.150. The summed E-state index contributed by atoms with van der Waals surface area (Å²) in [5.41, 5.74) is 3.90. The molecule has 0 aliphatic carbocycles. The van der Waals surface area contributed by atoms with Gasteiger partial charge in [-0.1, -0.05) is 36.2 Å². The molecule has 0 spiro atoms. The van der Waals surface area contributed by atoms with Gasteiger partial charge in [0.05, 0.1) is 5.60 Å². The molecule has 1 aromatic rings. The van der Waals surface area contributed by atoms with E-state index in [0.717, 1.165) is 19.6 Å². The second kappa shape index (κ2) is 7.06. The van der Waals surface area contributed by atoms with Crippen molar-refractivity contribution in [3.8, 4) is 0 Å². The largest absolute Gasteiger partial charge is 0.374 e. The molecular weight excluding hydrogens is 234 g/mol. The summed E-state index contributed by atoms with van der Waals surface area (Å²) in [6.45, 7) is 14.6. The van der Waals surface area contributed by atoms with E-state index in [1.54, 1.807) is 0 Å². The number of benzene rings is 1. The molecule has 0 radical (unpaired) electrons. The third-order valence-electron chi connectivity index (χ3n) is 3.53. The van der Waals surface area contributed by atoms with Crippen molar-refractivity contribution in [1.82, 2.24) is 5.32 Å². The smallest absolute Gasteiger partial charge is 0.0781 e. The van der Waals surface area contributed by atoms with Crippen LogP contribution in [0.2, 0.25) is 0 Å². The molecule has 0 aliphatic rings. The van der Waals surface area contributed by atoms with E-state index >= 15 is 0 Å². The molecule has 0 bridgehead atoms. The molecule has 1 atom stereocenters. The highest BCUT2D eigenvalue weighted by atomic mass is 16.5. The van der Waals surface area contributed by atoms with Crippen LogP contribution in [-0.2, 0) is 11.2 Å². The molecule has 0 fully saturated rings. The molecule has 19 heavy (non-hydrogen) atoms. The van der Waals surface area contributed by atoms with E-state index in [1.807, 2.05) is 0 Å². The van der Waals surface area contributed by atoms with Crippen molar-refractivity contribution in [2.45, 2.75) is 59.6 Å². The van der Waals surface area contributed by atoms with Crippen LogP contribution in [0.3, 0.4) is 0 Å². The van der Waals surface area contributed by atoms with Crippen LogP contribution < -0.4 is 5.32 Å². The minimum Gasteiger partial charge on any atom is -0.374 e. The van der Waals surface area contributed by atoms with Gasteiger partial charge in [0.2, 0.25) is 0 Å². The Bertz CT molecular complexity index is 378. The molecule has 1 rings (SSSR count). The molecule has 2 nitrogen and oxygen atoms in total. The molecule has 0 saturated heterocycles. The van der Waals surface area contributed by atoms with Crippen LogP contribution in [0.5, 0.6) is 0 Å². The third-order valence-corrected chi connectivity index (χ3v) is 3.53. The first kappa shape index (κ1) is 16.2. The van der Waals surface area contributed by atoms with Gasteiger partial charge in [-0.25, -0.2) is 0 Å². The molecule has 0 aliphatic heterocycles. The van der Waals surface area contributed by atoms with Crippen molar-refractivity contribution in [2.75, 3.05) is 13.2 Å². The topological polar surface area (TPSA) is 21.3 Å². The fraction of sp³-hybridized carbons (Fsp3) is 0.647. The lowest BCUT2D eigenvalue weighted by molar-refractivity contribution is -0.0377. The summed E-state index contributed by atoms with van der Waals surface area (Å²) in [5, 5.41) is 3.57. The average molecular weight is 263 g/mol. The number of aryl methyl sites for hydroxylation is 2. The predicted molar refractivity (Wildman–Crippen MR) is 82.8 cm³/mol. The van der Waals surface area contributed by atoms with E-state index in [2.05, 4.69) is 65.1 Å². The Labute approximate surface area is 118 Å². The lowest BCUT2D eigenvalue weighted by Gasteiger charge is -2.35. The lowest BCUT2D eigenvalue weighted by Crippen LogP contribution is -2.50. The van der Waals surface area contributed by atoms with Gasteiger partial charge in [0.15, 0.2) is 0 Å². The zero-order valence-corrected chi connectivity index (χ0v) is 13.3. The Morgan fingerprint density at radius 3 is 2.16 bits per heavy atom. The molecule has 0 amide bonds. The molecule has 0 heterocycles. The second-order valence-corrected chi connectivity index (χ2v) is 5.85. The van der Waals surface area contributed by atoms with E-state index in [0.29, 0.717) is 6.04 Å². The van der Waals surface area contributed by atoms with Gasteiger partial charge in [0, 0.05) is 12.6 Å². The van der Waals surface area contributed by atoms with E-state index in [-0.39, 0.29) is 5.60 Å². The van der Waals surface area contributed by atoms with Crippen molar-refractivity contribution in [3.05, 3.63) is 34.9 Å². The summed E-state index contributed by atoms with van der Waals surface area (Å²) in [6.07, 6.45) is 1.00. The number of rotatable bonds is 7. The van der Waals surface area contributed by atoms with Gasteiger partial charge in [-0.05, 0) is 53.1 Å². The van der Waals surface area contributed by atoms with Crippen molar-refractivity contribution in [2.24, 2.45) is 0 Å². The number of hydrogen-bond donors (Lipinski definition) is 1. The predicted octanol–water partition coefficient (Wildman–Crippen LogP) is 3.64. The highest BCUT2D eigenvalue weighted by molar-refractivity contribution is 5.29. The highest BCUT2D eigenvalue weighted by Gasteiger charge is 2.29. The Morgan fingerprint density at radius 1 is 1.11 bits per heavy atom. The maximum absolute atomic E-state index is 5.91.